The maximum Gasteiger partial charge on any atom is 0.251 e. The highest BCUT2D eigenvalue weighted by Gasteiger charge is 2.30. The molecule has 158 valence electrons. The molecular weight excluding hydrogens is 404 g/mol. The number of likely N-dealkylation sites (tertiary alicyclic amines) is 1. The van der Waals surface area contributed by atoms with Crippen molar-refractivity contribution in [2.75, 3.05) is 26.8 Å². The van der Waals surface area contributed by atoms with Crippen LogP contribution in [0.5, 0.6) is 11.5 Å². The van der Waals surface area contributed by atoms with Crippen LogP contribution in [0.2, 0.25) is 0 Å². The highest BCUT2D eigenvalue weighted by atomic mass is 35.5. The van der Waals surface area contributed by atoms with Crippen LogP contribution in [0.4, 0.5) is 0 Å². The number of ether oxygens (including phenoxy) is 2. The zero-order valence-electron chi connectivity index (χ0n) is 16.8. The van der Waals surface area contributed by atoms with Crippen molar-refractivity contribution in [1.82, 2.24) is 20.2 Å². The van der Waals surface area contributed by atoms with Gasteiger partial charge in [0.25, 0.3) is 5.91 Å². The first kappa shape index (κ1) is 20.5. The van der Waals surface area contributed by atoms with Gasteiger partial charge in [0.05, 0.1) is 17.1 Å². The van der Waals surface area contributed by atoms with Crippen molar-refractivity contribution in [1.29, 1.82) is 0 Å². The lowest BCUT2D eigenvalue weighted by atomic mass is 9.96. The molecule has 0 spiro atoms. The maximum atomic E-state index is 12.8. The van der Waals surface area contributed by atoms with E-state index < -0.39 is 0 Å². The summed E-state index contributed by atoms with van der Waals surface area (Å²) < 4.78 is 11.1. The first-order chi connectivity index (χ1) is 14.2. The Morgan fingerprint density at radius 3 is 2.80 bits per heavy atom. The standard InChI is InChI=1S/C22H24N4O3.ClH/c1-26-9-8-15(13-18(26)21-24-16-4-2-3-5-17(16)25-21)23-22(27)14-6-7-19-20(12-14)29-11-10-28-19;/h2-7,12,15,18H,8-11,13H2,1H3,(H,23,27)(H,24,25);1H/t15-,18+;/m1./s1. The highest BCUT2D eigenvalue weighted by molar-refractivity contribution is 5.95. The Morgan fingerprint density at radius 2 is 1.97 bits per heavy atom. The number of piperidine rings is 1. The molecule has 3 aromatic rings. The number of carbonyl (C=O) groups excluding carboxylic acids is 1. The number of carbonyl (C=O) groups is 1. The van der Waals surface area contributed by atoms with E-state index in [0.29, 0.717) is 30.3 Å². The Kier molecular flexibility index (Phi) is 5.83. The van der Waals surface area contributed by atoms with Gasteiger partial charge in [-0.2, -0.15) is 0 Å². The van der Waals surface area contributed by atoms with Crippen molar-refractivity contribution >= 4 is 29.3 Å². The topological polar surface area (TPSA) is 79.5 Å². The molecule has 0 radical (unpaired) electrons. The molecule has 1 amide bonds. The van der Waals surface area contributed by atoms with Gasteiger partial charge in [-0.15, -0.1) is 12.4 Å². The molecule has 2 aromatic carbocycles. The van der Waals surface area contributed by atoms with E-state index in [1.165, 1.54) is 0 Å². The van der Waals surface area contributed by atoms with Crippen LogP contribution in [0.3, 0.4) is 0 Å². The molecule has 0 bridgehead atoms. The normalized spacial score (nSPS) is 21.1. The van der Waals surface area contributed by atoms with Gasteiger partial charge < -0.3 is 19.8 Å². The Bertz CT molecular complexity index is 1020. The highest BCUT2D eigenvalue weighted by Crippen LogP contribution is 2.32. The van der Waals surface area contributed by atoms with Gasteiger partial charge in [0.1, 0.15) is 19.0 Å². The molecule has 0 aliphatic carbocycles. The van der Waals surface area contributed by atoms with Crippen molar-refractivity contribution in [3.8, 4) is 11.5 Å². The summed E-state index contributed by atoms with van der Waals surface area (Å²) in [6, 6.07) is 13.6. The van der Waals surface area contributed by atoms with Crippen LogP contribution in [0.15, 0.2) is 42.5 Å². The van der Waals surface area contributed by atoms with E-state index in [1.54, 1.807) is 18.2 Å². The average Bonchev–Trinajstić information content (AvgIpc) is 3.18. The summed E-state index contributed by atoms with van der Waals surface area (Å²) in [7, 11) is 2.11. The number of hydrogen-bond acceptors (Lipinski definition) is 5. The van der Waals surface area contributed by atoms with E-state index in [4.69, 9.17) is 14.5 Å². The Balaban J connectivity index is 0.00000218. The molecule has 0 saturated carbocycles. The summed E-state index contributed by atoms with van der Waals surface area (Å²) in [5.41, 5.74) is 2.60. The number of benzene rings is 2. The number of halogens is 1. The molecular formula is C22H25ClN4O3. The van der Waals surface area contributed by atoms with Crippen molar-refractivity contribution in [2.24, 2.45) is 0 Å². The molecule has 1 fully saturated rings. The molecule has 2 atom stereocenters. The van der Waals surface area contributed by atoms with E-state index >= 15 is 0 Å². The number of H-pyrrole nitrogens is 1. The van der Waals surface area contributed by atoms with Gasteiger partial charge >= 0.3 is 0 Å². The Morgan fingerprint density at radius 1 is 1.17 bits per heavy atom. The van der Waals surface area contributed by atoms with Gasteiger partial charge in [0, 0.05) is 18.2 Å². The molecule has 1 saturated heterocycles. The number of rotatable bonds is 3. The molecule has 8 heteroatoms. The fraction of sp³-hybridized carbons (Fsp3) is 0.364. The number of aromatic amines is 1. The van der Waals surface area contributed by atoms with Crippen molar-refractivity contribution < 1.29 is 14.3 Å². The number of nitrogens with zero attached hydrogens (tertiary/aromatic N) is 2. The summed E-state index contributed by atoms with van der Waals surface area (Å²) in [4.78, 5) is 23.3. The minimum absolute atomic E-state index is 0. The third kappa shape index (κ3) is 3.95. The fourth-order valence-electron chi connectivity index (χ4n) is 4.12. The summed E-state index contributed by atoms with van der Waals surface area (Å²) in [5.74, 6) is 2.19. The van der Waals surface area contributed by atoms with Gasteiger partial charge in [-0.3, -0.25) is 9.69 Å². The summed E-state index contributed by atoms with van der Waals surface area (Å²) in [5, 5.41) is 3.19. The number of amides is 1. The molecule has 5 rings (SSSR count). The molecule has 2 aliphatic rings. The van der Waals surface area contributed by atoms with E-state index in [2.05, 4.69) is 22.2 Å². The first-order valence-electron chi connectivity index (χ1n) is 10.0. The summed E-state index contributed by atoms with van der Waals surface area (Å²) in [6.07, 6.45) is 1.72. The second-order valence-electron chi connectivity index (χ2n) is 7.69. The third-order valence-corrected chi connectivity index (χ3v) is 5.73. The maximum absolute atomic E-state index is 12.8. The largest absolute Gasteiger partial charge is 0.486 e. The van der Waals surface area contributed by atoms with E-state index in [0.717, 1.165) is 36.2 Å². The van der Waals surface area contributed by atoms with Crippen molar-refractivity contribution in [3.05, 3.63) is 53.9 Å². The minimum atomic E-state index is -0.0834. The number of para-hydroxylation sites is 2. The average molecular weight is 429 g/mol. The molecule has 30 heavy (non-hydrogen) atoms. The molecule has 2 aliphatic heterocycles. The lowest BCUT2D eigenvalue weighted by Crippen LogP contribution is -2.45. The van der Waals surface area contributed by atoms with Crippen LogP contribution in [-0.4, -0.2) is 53.6 Å². The van der Waals surface area contributed by atoms with E-state index in [-0.39, 0.29) is 30.4 Å². The van der Waals surface area contributed by atoms with Crippen LogP contribution in [0, 0.1) is 0 Å². The molecule has 2 N–H and O–H groups in total. The van der Waals surface area contributed by atoms with Gasteiger partial charge in [0.2, 0.25) is 0 Å². The number of imidazole rings is 1. The number of nitrogens with one attached hydrogen (secondary N) is 2. The van der Waals surface area contributed by atoms with Crippen LogP contribution in [-0.2, 0) is 0 Å². The second-order valence-corrected chi connectivity index (χ2v) is 7.69. The lowest BCUT2D eigenvalue weighted by molar-refractivity contribution is 0.0883. The van der Waals surface area contributed by atoms with Gasteiger partial charge in [-0.25, -0.2) is 4.98 Å². The van der Waals surface area contributed by atoms with Gasteiger partial charge in [-0.1, -0.05) is 12.1 Å². The predicted molar refractivity (Wildman–Crippen MR) is 117 cm³/mol. The SMILES string of the molecule is CN1CC[C@@H](NC(=O)c2ccc3c(c2)OCCO3)C[C@H]1c1nc2ccccc2[nH]1.Cl. The van der Waals surface area contributed by atoms with E-state index in [9.17, 15) is 4.79 Å². The van der Waals surface area contributed by atoms with Crippen LogP contribution >= 0.6 is 12.4 Å². The third-order valence-electron chi connectivity index (χ3n) is 5.73. The molecule has 7 nitrogen and oxygen atoms in total. The zero-order valence-corrected chi connectivity index (χ0v) is 17.6. The predicted octanol–water partition coefficient (Wildman–Crippen LogP) is 3.32. The van der Waals surface area contributed by atoms with Crippen LogP contribution in [0.1, 0.15) is 35.1 Å². The number of hydrogen-bond donors (Lipinski definition) is 2. The Labute approximate surface area is 181 Å². The van der Waals surface area contributed by atoms with Crippen molar-refractivity contribution in [3.63, 3.8) is 0 Å². The zero-order chi connectivity index (χ0) is 19.8. The summed E-state index contributed by atoms with van der Waals surface area (Å²) in [6.45, 7) is 1.94. The lowest BCUT2D eigenvalue weighted by Gasteiger charge is -2.36. The molecule has 0 unspecified atom stereocenters. The second kappa shape index (κ2) is 8.53. The number of aromatic nitrogens is 2. The quantitative estimate of drug-likeness (QED) is 0.669. The minimum Gasteiger partial charge on any atom is -0.486 e. The van der Waals surface area contributed by atoms with Crippen LogP contribution < -0.4 is 14.8 Å². The van der Waals surface area contributed by atoms with Crippen LogP contribution in [0.25, 0.3) is 11.0 Å². The Hall–Kier alpha value is -2.77. The van der Waals surface area contributed by atoms with Gasteiger partial charge in [-0.05, 0) is 50.2 Å². The monoisotopic (exact) mass is 428 g/mol. The van der Waals surface area contributed by atoms with E-state index in [1.807, 2.05) is 24.3 Å². The first-order valence-corrected chi connectivity index (χ1v) is 10.0. The molecule has 1 aromatic heterocycles. The number of fused-ring (bicyclic) bond motifs is 2. The van der Waals surface area contributed by atoms with Gasteiger partial charge in [0.15, 0.2) is 11.5 Å². The summed E-state index contributed by atoms with van der Waals surface area (Å²) >= 11 is 0. The smallest absolute Gasteiger partial charge is 0.251 e. The van der Waals surface area contributed by atoms with Crippen molar-refractivity contribution in [2.45, 2.75) is 24.9 Å². The fourth-order valence-corrected chi connectivity index (χ4v) is 4.12. The molecule has 3 heterocycles.